The number of hydrogen-bond donors (Lipinski definition) is 1. The number of alkyl halides is 1. The Labute approximate surface area is 92.1 Å². The maximum atomic E-state index is 11.7. The minimum absolute atomic E-state index is 0.0862. The lowest BCUT2D eigenvalue weighted by Gasteiger charge is -2.08. The Hall–Kier alpha value is -0.280. The molecule has 13 heavy (non-hydrogen) atoms. The number of benzene rings is 1. The van der Waals surface area contributed by atoms with Crippen LogP contribution in [0.4, 0.5) is 0 Å². The predicted octanol–water partition coefficient (Wildman–Crippen LogP) is 3.25. The molecule has 0 aromatic heterocycles. The molecule has 0 saturated heterocycles. The Balaban J connectivity index is 3.20. The van der Waals surface area contributed by atoms with Crippen molar-refractivity contribution in [3.63, 3.8) is 0 Å². The number of rotatable bonds is 2. The number of Topliss-reactive ketones (excluding diaryl/α,β-unsaturated/α-hetero) is 1. The fourth-order valence-electron chi connectivity index (χ4n) is 1.17. The van der Waals surface area contributed by atoms with Crippen LogP contribution in [-0.2, 0) is 0 Å². The second-order valence-electron chi connectivity index (χ2n) is 2.95. The molecule has 0 saturated carbocycles. The Kier molecular flexibility index (Phi) is 3.56. The normalized spacial score (nSPS) is 12.6. The Morgan fingerprint density at radius 1 is 1.54 bits per heavy atom. The molecule has 70 valence electrons. The predicted molar refractivity (Wildman–Crippen MR) is 61.2 cm³/mol. The van der Waals surface area contributed by atoms with E-state index in [4.69, 9.17) is 0 Å². The van der Waals surface area contributed by atoms with E-state index < -0.39 is 0 Å². The number of halogens is 1. The van der Waals surface area contributed by atoms with Gasteiger partial charge in [-0.15, -0.1) is 12.6 Å². The zero-order valence-corrected chi connectivity index (χ0v) is 10.0. The molecule has 0 amide bonds. The van der Waals surface area contributed by atoms with Crippen molar-refractivity contribution in [1.82, 2.24) is 0 Å². The first-order valence-corrected chi connectivity index (χ1v) is 5.37. The SMILES string of the molecule is Cc1cccc(S)c1C(=O)C(C)Br. The standard InChI is InChI=1S/C10H11BrOS/c1-6-4-3-5-8(13)9(6)10(12)7(2)11/h3-5,7,13H,1-2H3. The van der Waals surface area contributed by atoms with Crippen molar-refractivity contribution in [3.05, 3.63) is 29.3 Å². The van der Waals surface area contributed by atoms with Gasteiger partial charge in [-0.3, -0.25) is 4.79 Å². The first-order chi connectivity index (χ1) is 6.04. The molecular weight excluding hydrogens is 248 g/mol. The molecule has 0 aliphatic heterocycles. The van der Waals surface area contributed by atoms with Crippen molar-refractivity contribution in [2.24, 2.45) is 0 Å². The van der Waals surface area contributed by atoms with Crippen LogP contribution in [0.5, 0.6) is 0 Å². The first-order valence-electron chi connectivity index (χ1n) is 4.01. The van der Waals surface area contributed by atoms with Crippen LogP contribution in [0.15, 0.2) is 23.1 Å². The highest BCUT2D eigenvalue weighted by Gasteiger charge is 2.16. The molecule has 1 unspecified atom stereocenters. The van der Waals surface area contributed by atoms with Gasteiger partial charge in [0, 0.05) is 10.5 Å². The molecule has 0 bridgehead atoms. The van der Waals surface area contributed by atoms with E-state index in [9.17, 15) is 4.79 Å². The molecule has 1 rings (SSSR count). The maximum Gasteiger partial charge on any atom is 0.177 e. The largest absolute Gasteiger partial charge is 0.293 e. The van der Waals surface area contributed by atoms with Crippen LogP contribution in [0.25, 0.3) is 0 Å². The lowest BCUT2D eigenvalue weighted by atomic mass is 10.0. The number of carbonyl (C=O) groups is 1. The summed E-state index contributed by atoms with van der Waals surface area (Å²) in [6.45, 7) is 3.74. The number of aryl methyl sites for hydroxylation is 1. The van der Waals surface area contributed by atoms with Gasteiger partial charge in [0.25, 0.3) is 0 Å². The summed E-state index contributed by atoms with van der Waals surface area (Å²) >= 11 is 7.52. The van der Waals surface area contributed by atoms with E-state index in [-0.39, 0.29) is 10.6 Å². The summed E-state index contributed by atoms with van der Waals surface area (Å²) in [6, 6.07) is 5.65. The summed E-state index contributed by atoms with van der Waals surface area (Å²) < 4.78 is 0. The maximum absolute atomic E-state index is 11.7. The van der Waals surface area contributed by atoms with Gasteiger partial charge >= 0.3 is 0 Å². The van der Waals surface area contributed by atoms with Gasteiger partial charge in [0.2, 0.25) is 0 Å². The molecule has 0 aliphatic carbocycles. The number of ketones is 1. The molecule has 0 heterocycles. The lowest BCUT2D eigenvalue weighted by molar-refractivity contribution is 0.0992. The van der Waals surface area contributed by atoms with E-state index in [2.05, 4.69) is 28.6 Å². The zero-order valence-electron chi connectivity index (χ0n) is 7.54. The molecule has 0 fully saturated rings. The molecule has 1 atom stereocenters. The van der Waals surface area contributed by atoms with Crippen LogP contribution < -0.4 is 0 Å². The van der Waals surface area contributed by atoms with Gasteiger partial charge in [-0.25, -0.2) is 0 Å². The summed E-state index contributed by atoms with van der Waals surface area (Å²) in [5.74, 6) is 0.0862. The molecule has 0 radical (unpaired) electrons. The molecule has 1 nitrogen and oxygen atoms in total. The van der Waals surface area contributed by atoms with E-state index in [1.165, 1.54) is 0 Å². The lowest BCUT2D eigenvalue weighted by Crippen LogP contribution is -2.12. The first kappa shape index (κ1) is 10.8. The van der Waals surface area contributed by atoms with Gasteiger partial charge in [-0.05, 0) is 25.5 Å². The number of thiol groups is 1. The quantitative estimate of drug-likeness (QED) is 0.490. The monoisotopic (exact) mass is 258 g/mol. The second kappa shape index (κ2) is 4.29. The summed E-state index contributed by atoms with van der Waals surface area (Å²) in [4.78, 5) is 12.3. The van der Waals surface area contributed by atoms with E-state index in [1.807, 2.05) is 32.0 Å². The number of hydrogen-bond acceptors (Lipinski definition) is 2. The fraction of sp³-hybridized carbons (Fsp3) is 0.300. The van der Waals surface area contributed by atoms with Gasteiger partial charge < -0.3 is 0 Å². The average Bonchev–Trinajstić information content (AvgIpc) is 2.03. The third kappa shape index (κ3) is 2.35. The zero-order chi connectivity index (χ0) is 10.0. The van der Waals surface area contributed by atoms with Crippen molar-refractivity contribution in [2.75, 3.05) is 0 Å². The number of carbonyl (C=O) groups excluding carboxylic acids is 1. The van der Waals surface area contributed by atoms with Crippen LogP contribution in [0, 0.1) is 6.92 Å². The minimum atomic E-state index is -0.153. The van der Waals surface area contributed by atoms with E-state index in [0.29, 0.717) is 0 Å². The van der Waals surface area contributed by atoms with E-state index in [0.717, 1.165) is 16.0 Å². The van der Waals surface area contributed by atoms with Crippen molar-refractivity contribution in [1.29, 1.82) is 0 Å². The van der Waals surface area contributed by atoms with Crippen LogP contribution >= 0.6 is 28.6 Å². The highest BCUT2D eigenvalue weighted by molar-refractivity contribution is 9.10. The van der Waals surface area contributed by atoms with Crippen LogP contribution in [0.3, 0.4) is 0 Å². The Morgan fingerprint density at radius 3 is 2.62 bits per heavy atom. The van der Waals surface area contributed by atoms with E-state index in [1.54, 1.807) is 0 Å². The molecule has 1 aromatic carbocycles. The summed E-state index contributed by atoms with van der Waals surface area (Å²) in [5, 5.41) is 0. The molecule has 0 N–H and O–H groups in total. The highest BCUT2D eigenvalue weighted by Crippen LogP contribution is 2.21. The second-order valence-corrected chi connectivity index (χ2v) is 4.80. The fourth-order valence-corrected chi connectivity index (χ4v) is 1.77. The molecular formula is C10H11BrOS. The average molecular weight is 259 g/mol. The van der Waals surface area contributed by atoms with Crippen molar-refractivity contribution in [3.8, 4) is 0 Å². The topological polar surface area (TPSA) is 17.1 Å². The van der Waals surface area contributed by atoms with Gasteiger partial charge in [0.1, 0.15) is 0 Å². The van der Waals surface area contributed by atoms with Gasteiger partial charge in [-0.1, -0.05) is 28.1 Å². The molecule has 3 heteroatoms. The molecule has 1 aromatic rings. The van der Waals surface area contributed by atoms with Crippen molar-refractivity contribution in [2.45, 2.75) is 23.6 Å². The molecule has 0 aliphatic rings. The highest BCUT2D eigenvalue weighted by atomic mass is 79.9. The van der Waals surface area contributed by atoms with Crippen LogP contribution in [0.2, 0.25) is 0 Å². The van der Waals surface area contributed by atoms with Crippen molar-refractivity contribution >= 4 is 34.3 Å². The third-order valence-corrected chi connectivity index (χ3v) is 2.65. The van der Waals surface area contributed by atoms with E-state index >= 15 is 0 Å². The summed E-state index contributed by atoms with van der Waals surface area (Å²) in [6.07, 6.45) is 0. The Morgan fingerprint density at radius 2 is 2.15 bits per heavy atom. The van der Waals surface area contributed by atoms with Gasteiger partial charge in [0.05, 0.1) is 4.83 Å². The Bertz CT molecular complexity index is 313. The van der Waals surface area contributed by atoms with Gasteiger partial charge in [-0.2, -0.15) is 0 Å². The van der Waals surface area contributed by atoms with Crippen LogP contribution in [-0.4, -0.2) is 10.6 Å². The minimum Gasteiger partial charge on any atom is -0.293 e. The smallest absolute Gasteiger partial charge is 0.177 e. The molecule has 0 spiro atoms. The summed E-state index contributed by atoms with van der Waals surface area (Å²) in [5.41, 5.74) is 1.69. The van der Waals surface area contributed by atoms with Crippen molar-refractivity contribution < 1.29 is 4.79 Å². The van der Waals surface area contributed by atoms with Gasteiger partial charge in [0.15, 0.2) is 5.78 Å². The van der Waals surface area contributed by atoms with Crippen LogP contribution in [0.1, 0.15) is 22.8 Å². The third-order valence-electron chi connectivity index (χ3n) is 1.86. The summed E-state index contributed by atoms with van der Waals surface area (Å²) in [7, 11) is 0.